The van der Waals surface area contributed by atoms with Crippen LogP contribution in [-0.4, -0.2) is 16.5 Å². The Balaban J connectivity index is 2.24. The van der Waals surface area contributed by atoms with Crippen LogP contribution in [0.25, 0.3) is 6.08 Å². The fourth-order valence-corrected chi connectivity index (χ4v) is 2.21. The predicted octanol–water partition coefficient (Wildman–Crippen LogP) is 3.93. The molecule has 0 amide bonds. The average Bonchev–Trinajstić information content (AvgIpc) is 2.88. The van der Waals surface area contributed by atoms with Gasteiger partial charge in [-0.05, 0) is 24.6 Å². The van der Waals surface area contributed by atoms with Crippen molar-refractivity contribution in [1.82, 2.24) is 9.36 Å². The SMILES string of the molecule is C/C=C/c1ccc(Oc2nc(CC)ns2)c(OC)c1. The van der Waals surface area contributed by atoms with Crippen molar-refractivity contribution in [3.63, 3.8) is 0 Å². The maximum atomic E-state index is 5.71. The van der Waals surface area contributed by atoms with Crippen molar-refractivity contribution in [2.24, 2.45) is 0 Å². The average molecular weight is 276 g/mol. The van der Waals surface area contributed by atoms with E-state index in [2.05, 4.69) is 9.36 Å². The van der Waals surface area contributed by atoms with E-state index in [0.29, 0.717) is 16.7 Å². The van der Waals surface area contributed by atoms with Crippen LogP contribution in [0.15, 0.2) is 24.3 Å². The highest BCUT2D eigenvalue weighted by Gasteiger charge is 2.09. The van der Waals surface area contributed by atoms with Gasteiger partial charge < -0.3 is 9.47 Å². The summed E-state index contributed by atoms with van der Waals surface area (Å²) in [6.07, 6.45) is 4.79. The quantitative estimate of drug-likeness (QED) is 0.830. The predicted molar refractivity (Wildman–Crippen MR) is 77.1 cm³/mol. The molecule has 0 bridgehead atoms. The number of ether oxygens (including phenoxy) is 2. The Bertz CT molecular complexity index is 579. The topological polar surface area (TPSA) is 44.2 Å². The fraction of sp³-hybridized carbons (Fsp3) is 0.286. The van der Waals surface area contributed by atoms with Crippen molar-refractivity contribution in [1.29, 1.82) is 0 Å². The Morgan fingerprint density at radius 2 is 2.16 bits per heavy atom. The Hall–Kier alpha value is -1.88. The van der Waals surface area contributed by atoms with Gasteiger partial charge in [0.05, 0.1) is 7.11 Å². The summed E-state index contributed by atoms with van der Waals surface area (Å²) < 4.78 is 15.2. The van der Waals surface area contributed by atoms with Crippen molar-refractivity contribution in [3.8, 4) is 16.7 Å². The third kappa shape index (κ3) is 3.32. The molecule has 0 aliphatic carbocycles. The van der Waals surface area contributed by atoms with Crippen LogP contribution >= 0.6 is 11.5 Å². The molecule has 5 heteroatoms. The number of rotatable bonds is 5. The number of nitrogens with zero attached hydrogens (tertiary/aromatic N) is 2. The van der Waals surface area contributed by atoms with E-state index < -0.39 is 0 Å². The molecule has 100 valence electrons. The zero-order chi connectivity index (χ0) is 13.7. The molecule has 4 nitrogen and oxygen atoms in total. The maximum Gasteiger partial charge on any atom is 0.298 e. The highest BCUT2D eigenvalue weighted by atomic mass is 32.1. The van der Waals surface area contributed by atoms with Crippen LogP contribution in [0.5, 0.6) is 16.7 Å². The van der Waals surface area contributed by atoms with Gasteiger partial charge in [-0.25, -0.2) is 0 Å². The second-order valence-electron chi connectivity index (χ2n) is 3.84. The Kier molecular flexibility index (Phi) is 4.52. The van der Waals surface area contributed by atoms with E-state index in [-0.39, 0.29) is 0 Å². The molecular formula is C14H16N2O2S. The number of benzene rings is 1. The van der Waals surface area contributed by atoms with E-state index in [4.69, 9.17) is 9.47 Å². The van der Waals surface area contributed by atoms with Gasteiger partial charge in [-0.1, -0.05) is 25.1 Å². The first-order valence-corrected chi connectivity index (χ1v) is 6.85. The third-order valence-electron chi connectivity index (χ3n) is 2.51. The van der Waals surface area contributed by atoms with E-state index in [0.717, 1.165) is 17.8 Å². The molecule has 1 aromatic heterocycles. The summed E-state index contributed by atoms with van der Waals surface area (Å²) in [5.74, 6) is 2.13. The van der Waals surface area contributed by atoms with Gasteiger partial charge in [0.25, 0.3) is 5.19 Å². The molecule has 0 spiro atoms. The number of aromatic nitrogens is 2. The Morgan fingerprint density at radius 1 is 1.32 bits per heavy atom. The van der Waals surface area contributed by atoms with Crippen molar-refractivity contribution in [2.45, 2.75) is 20.3 Å². The lowest BCUT2D eigenvalue weighted by Crippen LogP contribution is -1.91. The molecule has 0 aliphatic heterocycles. The fourth-order valence-electron chi connectivity index (χ4n) is 1.58. The molecule has 0 fully saturated rings. The molecule has 0 saturated carbocycles. The molecule has 0 radical (unpaired) electrons. The van der Waals surface area contributed by atoms with Crippen LogP contribution in [0, 0.1) is 0 Å². The molecule has 1 aromatic carbocycles. The maximum absolute atomic E-state index is 5.71. The molecule has 2 rings (SSSR count). The minimum Gasteiger partial charge on any atom is -0.493 e. The molecule has 0 saturated heterocycles. The van der Waals surface area contributed by atoms with Crippen LogP contribution in [-0.2, 0) is 6.42 Å². The minimum atomic E-state index is 0.536. The highest BCUT2D eigenvalue weighted by Crippen LogP contribution is 2.33. The lowest BCUT2D eigenvalue weighted by atomic mass is 10.2. The molecule has 0 unspecified atom stereocenters. The normalized spacial score (nSPS) is 10.9. The number of allylic oxidation sites excluding steroid dienone is 1. The first-order valence-electron chi connectivity index (χ1n) is 6.08. The van der Waals surface area contributed by atoms with Crippen LogP contribution in [0.4, 0.5) is 0 Å². The van der Waals surface area contributed by atoms with Crippen molar-refractivity contribution in [3.05, 3.63) is 35.7 Å². The summed E-state index contributed by atoms with van der Waals surface area (Å²) in [4.78, 5) is 4.27. The summed E-state index contributed by atoms with van der Waals surface area (Å²) in [5, 5.41) is 0.536. The number of aryl methyl sites for hydroxylation is 1. The second-order valence-corrected chi connectivity index (χ2v) is 4.56. The Morgan fingerprint density at radius 3 is 2.79 bits per heavy atom. The molecular weight excluding hydrogens is 260 g/mol. The van der Waals surface area contributed by atoms with Crippen LogP contribution in [0.1, 0.15) is 25.2 Å². The third-order valence-corrected chi connectivity index (χ3v) is 3.14. The second kappa shape index (κ2) is 6.33. The largest absolute Gasteiger partial charge is 0.493 e. The summed E-state index contributed by atoms with van der Waals surface area (Å²) in [7, 11) is 1.62. The van der Waals surface area contributed by atoms with Crippen LogP contribution in [0.3, 0.4) is 0 Å². The van der Waals surface area contributed by atoms with Gasteiger partial charge in [-0.2, -0.15) is 9.36 Å². The van der Waals surface area contributed by atoms with Gasteiger partial charge in [0.15, 0.2) is 11.5 Å². The van der Waals surface area contributed by atoms with Crippen LogP contribution in [0.2, 0.25) is 0 Å². The molecule has 1 heterocycles. The van der Waals surface area contributed by atoms with E-state index in [1.807, 2.05) is 44.2 Å². The zero-order valence-corrected chi connectivity index (χ0v) is 12.0. The molecule has 19 heavy (non-hydrogen) atoms. The highest BCUT2D eigenvalue weighted by molar-refractivity contribution is 7.07. The summed E-state index contributed by atoms with van der Waals surface area (Å²) in [6.45, 7) is 3.99. The zero-order valence-electron chi connectivity index (χ0n) is 11.2. The first kappa shape index (κ1) is 13.5. The monoisotopic (exact) mass is 276 g/mol. The van der Waals surface area contributed by atoms with Gasteiger partial charge in [0.1, 0.15) is 5.82 Å². The number of methoxy groups -OCH3 is 1. The van der Waals surface area contributed by atoms with Gasteiger partial charge in [0.2, 0.25) is 0 Å². The lowest BCUT2D eigenvalue weighted by Gasteiger charge is -2.08. The molecule has 0 N–H and O–H groups in total. The van der Waals surface area contributed by atoms with Gasteiger partial charge in [-0.3, -0.25) is 0 Å². The summed E-state index contributed by atoms with van der Waals surface area (Å²) >= 11 is 1.25. The van der Waals surface area contributed by atoms with Gasteiger partial charge in [0, 0.05) is 18.0 Å². The smallest absolute Gasteiger partial charge is 0.298 e. The van der Waals surface area contributed by atoms with E-state index in [1.54, 1.807) is 7.11 Å². The number of hydrogen-bond acceptors (Lipinski definition) is 5. The summed E-state index contributed by atoms with van der Waals surface area (Å²) in [6, 6.07) is 5.78. The van der Waals surface area contributed by atoms with Crippen LogP contribution < -0.4 is 9.47 Å². The first-order chi connectivity index (χ1) is 9.26. The van der Waals surface area contributed by atoms with Crippen molar-refractivity contribution < 1.29 is 9.47 Å². The van der Waals surface area contributed by atoms with E-state index >= 15 is 0 Å². The molecule has 0 atom stereocenters. The van der Waals surface area contributed by atoms with E-state index in [9.17, 15) is 0 Å². The standard InChI is InChI=1S/C14H16N2O2S/c1-4-6-10-7-8-11(12(9-10)17-3)18-14-15-13(5-2)16-19-14/h4,6-9H,5H2,1-3H3/b6-4+. The summed E-state index contributed by atoms with van der Waals surface area (Å²) in [5.41, 5.74) is 1.07. The van der Waals surface area contributed by atoms with E-state index in [1.165, 1.54) is 11.5 Å². The van der Waals surface area contributed by atoms with Gasteiger partial charge in [-0.15, -0.1) is 0 Å². The molecule has 2 aromatic rings. The Labute approximate surface area is 116 Å². The minimum absolute atomic E-state index is 0.536. The van der Waals surface area contributed by atoms with Crippen molar-refractivity contribution >= 4 is 17.6 Å². The van der Waals surface area contributed by atoms with Gasteiger partial charge >= 0.3 is 0 Å². The number of hydrogen-bond donors (Lipinski definition) is 0. The van der Waals surface area contributed by atoms with Crippen molar-refractivity contribution in [2.75, 3.05) is 7.11 Å². The lowest BCUT2D eigenvalue weighted by molar-refractivity contribution is 0.378. The molecule has 0 aliphatic rings.